The second kappa shape index (κ2) is 8.27. The quantitative estimate of drug-likeness (QED) is 0.843. The van der Waals surface area contributed by atoms with E-state index in [1.165, 1.54) is 4.90 Å². The van der Waals surface area contributed by atoms with Crippen molar-refractivity contribution < 1.29 is 19.4 Å². The highest BCUT2D eigenvalue weighted by Gasteiger charge is 2.39. The summed E-state index contributed by atoms with van der Waals surface area (Å²) < 4.78 is 5.44. The van der Waals surface area contributed by atoms with Crippen LogP contribution in [0.4, 0.5) is 0 Å². The number of hydrogen-bond donors (Lipinski definition) is 1. The normalized spacial score (nSPS) is 18.4. The van der Waals surface area contributed by atoms with Gasteiger partial charge in [-0.25, -0.2) is 4.79 Å². The van der Waals surface area contributed by atoms with Gasteiger partial charge >= 0.3 is 5.97 Å². The van der Waals surface area contributed by atoms with Crippen molar-refractivity contribution >= 4 is 23.6 Å². The monoisotopic (exact) mass is 371 g/mol. The van der Waals surface area contributed by atoms with E-state index in [0.717, 1.165) is 11.1 Å². The Hall–Kier alpha value is -2.47. The number of hydrogen-bond acceptors (Lipinski definition) is 4. The van der Waals surface area contributed by atoms with E-state index in [9.17, 15) is 14.7 Å². The molecule has 3 rings (SSSR count). The molecule has 5 nitrogen and oxygen atoms in total. The maximum atomic E-state index is 12.7. The van der Waals surface area contributed by atoms with E-state index < -0.39 is 12.0 Å². The van der Waals surface area contributed by atoms with Gasteiger partial charge in [-0.15, -0.1) is 11.8 Å². The average Bonchev–Trinajstić information content (AvgIpc) is 2.67. The summed E-state index contributed by atoms with van der Waals surface area (Å²) in [7, 11) is 1.58. The second-order valence-corrected chi connectivity index (χ2v) is 7.25. The van der Waals surface area contributed by atoms with Crippen molar-refractivity contribution in [2.45, 2.75) is 24.3 Å². The highest BCUT2D eigenvalue weighted by atomic mass is 32.2. The van der Waals surface area contributed by atoms with Crippen molar-refractivity contribution in [3.05, 3.63) is 65.7 Å². The number of thioether (sulfide) groups is 1. The van der Waals surface area contributed by atoms with Crippen molar-refractivity contribution in [3.63, 3.8) is 0 Å². The van der Waals surface area contributed by atoms with Crippen LogP contribution in [0.5, 0.6) is 5.75 Å². The minimum Gasteiger partial charge on any atom is -0.496 e. The van der Waals surface area contributed by atoms with E-state index in [4.69, 9.17) is 4.74 Å². The van der Waals surface area contributed by atoms with Gasteiger partial charge in [0.05, 0.1) is 7.11 Å². The Morgan fingerprint density at radius 1 is 1.23 bits per heavy atom. The summed E-state index contributed by atoms with van der Waals surface area (Å²) in [5, 5.41) is 9.48. The van der Waals surface area contributed by atoms with Gasteiger partial charge in [-0.2, -0.15) is 0 Å². The van der Waals surface area contributed by atoms with Crippen LogP contribution in [0.25, 0.3) is 0 Å². The van der Waals surface area contributed by atoms with Gasteiger partial charge in [0.2, 0.25) is 5.91 Å². The Labute approximate surface area is 157 Å². The van der Waals surface area contributed by atoms with Crippen molar-refractivity contribution in [1.29, 1.82) is 0 Å². The Morgan fingerprint density at radius 2 is 1.92 bits per heavy atom. The summed E-state index contributed by atoms with van der Waals surface area (Å²) >= 11 is 1.58. The van der Waals surface area contributed by atoms with Crippen molar-refractivity contribution in [2.75, 3.05) is 12.9 Å². The van der Waals surface area contributed by atoms with E-state index in [0.29, 0.717) is 17.9 Å². The minimum absolute atomic E-state index is 0.136. The van der Waals surface area contributed by atoms with Crippen LogP contribution in [0.15, 0.2) is 54.6 Å². The van der Waals surface area contributed by atoms with E-state index >= 15 is 0 Å². The van der Waals surface area contributed by atoms with Crippen molar-refractivity contribution in [1.82, 2.24) is 4.90 Å². The molecular weight excluding hydrogens is 350 g/mol. The molecule has 2 aromatic carbocycles. The molecule has 2 unspecified atom stereocenters. The van der Waals surface area contributed by atoms with Crippen LogP contribution in [0, 0.1) is 0 Å². The lowest BCUT2D eigenvalue weighted by Gasteiger charge is -2.39. The number of carboxylic acids is 1. The number of carbonyl (C=O) groups excluding carboxylic acids is 1. The van der Waals surface area contributed by atoms with Crippen LogP contribution < -0.4 is 4.74 Å². The fourth-order valence-electron chi connectivity index (χ4n) is 3.19. The lowest BCUT2D eigenvalue weighted by Crippen LogP contribution is -2.49. The lowest BCUT2D eigenvalue weighted by atomic mass is 10.0. The number of aliphatic carboxylic acids is 1. The highest BCUT2D eigenvalue weighted by Crippen LogP contribution is 2.42. The smallest absolute Gasteiger partial charge is 0.326 e. The maximum Gasteiger partial charge on any atom is 0.326 e. The third kappa shape index (κ3) is 3.85. The zero-order valence-corrected chi connectivity index (χ0v) is 15.3. The number of amides is 1. The molecule has 26 heavy (non-hydrogen) atoms. The molecule has 1 amide bonds. The number of ether oxygens (including phenoxy) is 1. The number of benzene rings is 2. The fourth-order valence-corrected chi connectivity index (χ4v) is 4.50. The van der Waals surface area contributed by atoms with Crippen LogP contribution in [0.3, 0.4) is 0 Å². The molecule has 1 N–H and O–H groups in total. The number of carbonyl (C=O) groups is 2. The molecule has 0 saturated carbocycles. The van der Waals surface area contributed by atoms with Gasteiger partial charge in [0.1, 0.15) is 17.2 Å². The molecule has 2 atom stereocenters. The first-order valence-electron chi connectivity index (χ1n) is 8.44. The van der Waals surface area contributed by atoms with Gasteiger partial charge in [-0.3, -0.25) is 4.79 Å². The van der Waals surface area contributed by atoms with E-state index in [-0.39, 0.29) is 17.7 Å². The molecule has 6 heteroatoms. The van der Waals surface area contributed by atoms with Gasteiger partial charge in [0.25, 0.3) is 0 Å². The van der Waals surface area contributed by atoms with E-state index in [1.807, 2.05) is 54.6 Å². The molecule has 1 fully saturated rings. The molecule has 1 aliphatic rings. The van der Waals surface area contributed by atoms with Crippen LogP contribution in [-0.2, 0) is 16.0 Å². The predicted octanol–water partition coefficient (Wildman–Crippen LogP) is 3.36. The Kier molecular flexibility index (Phi) is 5.83. The van der Waals surface area contributed by atoms with Gasteiger partial charge < -0.3 is 14.7 Å². The van der Waals surface area contributed by atoms with Crippen LogP contribution in [-0.4, -0.2) is 40.8 Å². The summed E-state index contributed by atoms with van der Waals surface area (Å²) in [5.41, 5.74) is 1.72. The predicted molar refractivity (Wildman–Crippen MR) is 101 cm³/mol. The molecule has 0 bridgehead atoms. The maximum absolute atomic E-state index is 12.7. The first-order chi connectivity index (χ1) is 12.6. The van der Waals surface area contributed by atoms with Gasteiger partial charge in [-0.05, 0) is 11.6 Å². The first kappa shape index (κ1) is 18.3. The molecule has 1 aliphatic heterocycles. The van der Waals surface area contributed by atoms with E-state index in [1.54, 1.807) is 18.9 Å². The average molecular weight is 371 g/mol. The van der Waals surface area contributed by atoms with Gasteiger partial charge in [0.15, 0.2) is 0 Å². The van der Waals surface area contributed by atoms with Gasteiger partial charge in [-0.1, -0.05) is 48.5 Å². The summed E-state index contributed by atoms with van der Waals surface area (Å²) in [6.45, 7) is 0. The third-order valence-electron chi connectivity index (χ3n) is 4.43. The summed E-state index contributed by atoms with van der Waals surface area (Å²) in [4.78, 5) is 26.3. The fraction of sp³-hybridized carbons (Fsp3) is 0.300. The number of para-hydroxylation sites is 1. The Morgan fingerprint density at radius 3 is 2.62 bits per heavy atom. The van der Waals surface area contributed by atoms with Crippen LogP contribution in [0.2, 0.25) is 0 Å². The second-order valence-electron chi connectivity index (χ2n) is 6.06. The Balaban J connectivity index is 1.98. The Bertz CT molecular complexity index is 780. The summed E-state index contributed by atoms with van der Waals surface area (Å²) in [6, 6.07) is 15.9. The molecule has 2 aromatic rings. The molecule has 0 aliphatic carbocycles. The lowest BCUT2D eigenvalue weighted by molar-refractivity contribution is -0.151. The molecule has 0 aromatic heterocycles. The number of carboxylic acid groups (broad SMARTS) is 1. The standard InChI is InChI=1S/C20H21NO4S/c1-25-17-10-6-5-9-15(17)19-21(18(22)11-12-26-19)16(20(23)24)13-14-7-3-2-4-8-14/h2-10,16,19H,11-13H2,1H3,(H,23,24). The van der Waals surface area contributed by atoms with Crippen molar-refractivity contribution in [2.24, 2.45) is 0 Å². The number of rotatable bonds is 6. The molecule has 0 radical (unpaired) electrons. The zero-order valence-electron chi connectivity index (χ0n) is 14.5. The topological polar surface area (TPSA) is 66.8 Å². The van der Waals surface area contributed by atoms with E-state index in [2.05, 4.69) is 0 Å². The van der Waals surface area contributed by atoms with Gasteiger partial charge in [0, 0.05) is 24.2 Å². The molecule has 136 valence electrons. The number of methoxy groups -OCH3 is 1. The largest absolute Gasteiger partial charge is 0.496 e. The molecule has 0 spiro atoms. The summed E-state index contributed by atoms with van der Waals surface area (Å²) in [5.74, 6) is 0.191. The summed E-state index contributed by atoms with van der Waals surface area (Å²) in [6.07, 6.45) is 0.614. The van der Waals surface area contributed by atoms with Crippen molar-refractivity contribution in [3.8, 4) is 5.75 Å². The first-order valence-corrected chi connectivity index (χ1v) is 9.49. The van der Waals surface area contributed by atoms with Crippen LogP contribution in [0.1, 0.15) is 22.9 Å². The van der Waals surface area contributed by atoms with Crippen LogP contribution >= 0.6 is 11.8 Å². The molecule has 1 saturated heterocycles. The number of nitrogens with zero attached hydrogens (tertiary/aromatic N) is 1. The molecular formula is C20H21NO4S. The highest BCUT2D eigenvalue weighted by molar-refractivity contribution is 7.99. The third-order valence-corrected chi connectivity index (χ3v) is 5.67. The molecule has 1 heterocycles. The zero-order chi connectivity index (χ0) is 18.5. The minimum atomic E-state index is -0.996. The SMILES string of the molecule is COc1ccccc1C1SCCC(=O)N1C(Cc1ccccc1)C(=O)O.